The number of likely N-dealkylation sites (tertiary alicyclic amines) is 1. The van der Waals surface area contributed by atoms with Crippen molar-refractivity contribution in [1.29, 1.82) is 0 Å². The largest absolute Gasteiger partial charge is 0.353 e. The van der Waals surface area contributed by atoms with Gasteiger partial charge >= 0.3 is 0 Å². The van der Waals surface area contributed by atoms with E-state index in [4.69, 9.17) is 0 Å². The molecule has 4 heteroatoms. The van der Waals surface area contributed by atoms with Gasteiger partial charge in [0, 0.05) is 32.0 Å². The Kier molecular flexibility index (Phi) is 5.59. The predicted octanol–water partition coefficient (Wildman–Crippen LogP) is 4.33. The molecular formula is C26H36N2O2. The molecule has 1 saturated heterocycles. The smallest absolute Gasteiger partial charge is 0.222 e. The number of benzene rings is 1. The maximum atomic E-state index is 12.9. The summed E-state index contributed by atoms with van der Waals surface area (Å²) >= 11 is 0. The summed E-state index contributed by atoms with van der Waals surface area (Å²) in [5.41, 5.74) is 1.53. The van der Waals surface area contributed by atoms with Crippen molar-refractivity contribution in [3.8, 4) is 0 Å². The van der Waals surface area contributed by atoms with E-state index >= 15 is 0 Å². The fourth-order valence-corrected chi connectivity index (χ4v) is 7.45. The van der Waals surface area contributed by atoms with Crippen LogP contribution in [0.15, 0.2) is 30.3 Å². The lowest BCUT2D eigenvalue weighted by molar-refractivity contribution is -0.132. The summed E-state index contributed by atoms with van der Waals surface area (Å²) in [6, 6.07) is 10.5. The molecule has 4 bridgehead atoms. The lowest BCUT2D eigenvalue weighted by Gasteiger charge is -2.56. The summed E-state index contributed by atoms with van der Waals surface area (Å²) in [5.74, 6) is 3.21. The van der Waals surface area contributed by atoms with Crippen LogP contribution in [-0.4, -0.2) is 35.8 Å². The van der Waals surface area contributed by atoms with Gasteiger partial charge in [-0.1, -0.05) is 30.3 Å². The lowest BCUT2D eigenvalue weighted by Crippen LogP contribution is -2.50. The van der Waals surface area contributed by atoms with Gasteiger partial charge in [-0.3, -0.25) is 9.59 Å². The van der Waals surface area contributed by atoms with Crippen molar-refractivity contribution in [2.45, 2.75) is 76.7 Å². The van der Waals surface area contributed by atoms with E-state index in [0.717, 1.165) is 56.5 Å². The Hall–Kier alpha value is -1.84. The van der Waals surface area contributed by atoms with Crippen molar-refractivity contribution in [1.82, 2.24) is 10.2 Å². The summed E-state index contributed by atoms with van der Waals surface area (Å²) < 4.78 is 0. The first-order valence-electron chi connectivity index (χ1n) is 12.2. The van der Waals surface area contributed by atoms with Crippen molar-refractivity contribution < 1.29 is 9.59 Å². The molecule has 1 N–H and O–H groups in total. The third kappa shape index (κ3) is 4.43. The van der Waals surface area contributed by atoms with Crippen molar-refractivity contribution >= 4 is 11.8 Å². The molecule has 0 atom stereocenters. The van der Waals surface area contributed by atoms with Crippen LogP contribution in [0.25, 0.3) is 0 Å². The second-order valence-electron chi connectivity index (χ2n) is 10.8. The van der Waals surface area contributed by atoms with Gasteiger partial charge in [0.2, 0.25) is 11.8 Å². The van der Waals surface area contributed by atoms with Crippen molar-refractivity contribution in [3.63, 3.8) is 0 Å². The zero-order valence-corrected chi connectivity index (χ0v) is 18.2. The molecule has 2 amide bonds. The number of carbonyl (C=O) groups excluding carboxylic acids is 2. The molecule has 1 aromatic rings. The molecule has 0 spiro atoms. The summed E-state index contributed by atoms with van der Waals surface area (Å²) in [5, 5.41) is 3.33. The molecule has 4 saturated carbocycles. The van der Waals surface area contributed by atoms with E-state index in [0.29, 0.717) is 11.8 Å². The highest BCUT2D eigenvalue weighted by molar-refractivity contribution is 5.78. The number of hydrogen-bond acceptors (Lipinski definition) is 2. The number of carbonyl (C=O) groups is 2. The van der Waals surface area contributed by atoms with Crippen LogP contribution in [0.1, 0.15) is 69.8 Å². The zero-order chi connectivity index (χ0) is 20.6. The molecule has 0 unspecified atom stereocenters. The minimum absolute atomic E-state index is 0.240. The average molecular weight is 409 g/mol. The first-order valence-corrected chi connectivity index (χ1v) is 12.2. The van der Waals surface area contributed by atoms with E-state index < -0.39 is 0 Å². The minimum atomic E-state index is 0.240. The summed E-state index contributed by atoms with van der Waals surface area (Å²) in [7, 11) is 0. The Balaban J connectivity index is 1.06. The van der Waals surface area contributed by atoms with Gasteiger partial charge in [-0.25, -0.2) is 0 Å². The Morgan fingerprint density at radius 1 is 0.933 bits per heavy atom. The highest BCUT2D eigenvalue weighted by Crippen LogP contribution is 2.61. The molecule has 30 heavy (non-hydrogen) atoms. The molecule has 4 nitrogen and oxygen atoms in total. The Bertz CT molecular complexity index is 731. The Morgan fingerprint density at radius 2 is 1.53 bits per heavy atom. The van der Waals surface area contributed by atoms with Crippen LogP contribution < -0.4 is 5.32 Å². The molecule has 5 fully saturated rings. The molecule has 5 aliphatic rings. The highest BCUT2D eigenvalue weighted by Gasteiger charge is 2.51. The predicted molar refractivity (Wildman–Crippen MR) is 118 cm³/mol. The highest BCUT2D eigenvalue weighted by atomic mass is 16.2. The maximum Gasteiger partial charge on any atom is 0.222 e. The average Bonchev–Trinajstić information content (AvgIpc) is 2.72. The van der Waals surface area contributed by atoms with Crippen LogP contribution in [-0.2, 0) is 16.0 Å². The Morgan fingerprint density at radius 3 is 2.13 bits per heavy atom. The van der Waals surface area contributed by atoms with Gasteiger partial charge in [0.05, 0.1) is 0 Å². The fourth-order valence-electron chi connectivity index (χ4n) is 7.45. The monoisotopic (exact) mass is 408 g/mol. The third-order valence-corrected chi connectivity index (χ3v) is 8.38. The second-order valence-corrected chi connectivity index (χ2v) is 10.8. The van der Waals surface area contributed by atoms with Gasteiger partial charge in [-0.15, -0.1) is 0 Å². The van der Waals surface area contributed by atoms with Crippen LogP contribution in [0.2, 0.25) is 0 Å². The topological polar surface area (TPSA) is 49.4 Å². The summed E-state index contributed by atoms with van der Waals surface area (Å²) in [6.07, 6.45) is 12.1. The molecule has 0 radical (unpaired) electrons. The van der Waals surface area contributed by atoms with Crippen LogP contribution >= 0.6 is 0 Å². The number of rotatable bonds is 6. The normalized spacial score (nSPS) is 32.9. The van der Waals surface area contributed by atoms with Gasteiger partial charge in [0.15, 0.2) is 0 Å². The number of nitrogens with one attached hydrogen (secondary N) is 1. The first kappa shape index (κ1) is 20.1. The van der Waals surface area contributed by atoms with Gasteiger partial charge in [0.1, 0.15) is 0 Å². The standard InChI is InChI=1S/C26H36N2O2/c29-24(18-26-15-20-12-21(16-26)14-22(13-20)17-26)27-23-8-10-28(11-9-23)25(30)7-6-19-4-2-1-3-5-19/h1-5,20-23H,6-18H2,(H,27,29). The molecule has 6 rings (SSSR count). The number of hydrogen-bond donors (Lipinski definition) is 1. The quantitative estimate of drug-likeness (QED) is 0.761. The zero-order valence-electron chi connectivity index (χ0n) is 18.2. The van der Waals surface area contributed by atoms with E-state index in [-0.39, 0.29) is 17.9 Å². The molecule has 4 aliphatic carbocycles. The van der Waals surface area contributed by atoms with E-state index in [1.807, 2.05) is 23.1 Å². The van der Waals surface area contributed by atoms with E-state index in [1.54, 1.807) is 0 Å². The summed E-state index contributed by atoms with van der Waals surface area (Å²) in [4.78, 5) is 27.4. The molecule has 162 valence electrons. The molecule has 1 aromatic carbocycles. The first-order chi connectivity index (χ1) is 14.6. The number of amides is 2. The number of piperidine rings is 1. The van der Waals surface area contributed by atoms with Crippen molar-refractivity contribution in [2.75, 3.05) is 13.1 Å². The summed E-state index contributed by atoms with van der Waals surface area (Å²) in [6.45, 7) is 1.55. The van der Waals surface area contributed by atoms with E-state index in [9.17, 15) is 9.59 Å². The number of nitrogens with zero attached hydrogens (tertiary/aromatic N) is 1. The van der Waals surface area contributed by atoms with Crippen molar-refractivity contribution in [2.24, 2.45) is 23.2 Å². The van der Waals surface area contributed by atoms with Gasteiger partial charge in [-0.2, -0.15) is 0 Å². The lowest BCUT2D eigenvalue weighted by atomic mass is 9.49. The van der Waals surface area contributed by atoms with Crippen LogP contribution in [0.5, 0.6) is 0 Å². The second kappa shape index (κ2) is 8.36. The molecular weight excluding hydrogens is 372 g/mol. The third-order valence-electron chi connectivity index (χ3n) is 8.38. The van der Waals surface area contributed by atoms with E-state index in [2.05, 4.69) is 17.4 Å². The van der Waals surface area contributed by atoms with Gasteiger partial charge in [-0.05, 0) is 86.5 Å². The fraction of sp³-hybridized carbons (Fsp3) is 0.692. The van der Waals surface area contributed by atoms with Crippen LogP contribution in [0.3, 0.4) is 0 Å². The minimum Gasteiger partial charge on any atom is -0.353 e. The molecule has 1 aliphatic heterocycles. The molecule has 1 heterocycles. The van der Waals surface area contributed by atoms with Gasteiger partial charge < -0.3 is 10.2 Å². The Labute approximate surface area is 180 Å². The molecule has 0 aromatic heterocycles. The van der Waals surface area contributed by atoms with Crippen LogP contribution in [0.4, 0.5) is 0 Å². The SMILES string of the molecule is O=C(CC12CC3CC(CC(C3)C1)C2)NC1CCN(C(=O)CCc2ccccc2)CC1. The van der Waals surface area contributed by atoms with E-state index in [1.165, 1.54) is 44.1 Å². The van der Waals surface area contributed by atoms with Gasteiger partial charge in [0.25, 0.3) is 0 Å². The number of aryl methyl sites for hydroxylation is 1. The van der Waals surface area contributed by atoms with Crippen molar-refractivity contribution in [3.05, 3.63) is 35.9 Å². The van der Waals surface area contributed by atoms with Crippen LogP contribution in [0, 0.1) is 23.2 Å². The maximum absolute atomic E-state index is 12.9.